The SMILES string of the molecule is CC(C)(C)OC(=O)N1CC2CCC(=O)CC1C2. The zero-order valence-electron chi connectivity index (χ0n) is 10.9. The van der Waals surface area contributed by atoms with E-state index in [2.05, 4.69) is 0 Å². The molecule has 2 unspecified atom stereocenters. The highest BCUT2D eigenvalue weighted by molar-refractivity contribution is 5.80. The number of fused-ring (bicyclic) bond motifs is 2. The summed E-state index contributed by atoms with van der Waals surface area (Å²) in [5.74, 6) is 0.768. The average Bonchev–Trinajstić information content (AvgIpc) is 2.45. The van der Waals surface area contributed by atoms with Crippen molar-refractivity contribution in [1.82, 2.24) is 4.90 Å². The molecule has 1 saturated carbocycles. The smallest absolute Gasteiger partial charge is 0.410 e. The first-order chi connectivity index (χ1) is 7.85. The predicted molar refractivity (Wildman–Crippen MR) is 63.7 cm³/mol. The van der Waals surface area contributed by atoms with E-state index in [1.807, 2.05) is 20.8 Å². The molecule has 4 nitrogen and oxygen atoms in total. The van der Waals surface area contributed by atoms with Crippen LogP contribution >= 0.6 is 0 Å². The lowest BCUT2D eigenvalue weighted by Gasteiger charge is -2.28. The molecule has 0 aromatic heterocycles. The number of ether oxygens (including phenoxy) is 1. The molecule has 4 heteroatoms. The van der Waals surface area contributed by atoms with Gasteiger partial charge in [0.1, 0.15) is 11.4 Å². The van der Waals surface area contributed by atoms with Gasteiger partial charge in [0.25, 0.3) is 0 Å². The van der Waals surface area contributed by atoms with E-state index in [9.17, 15) is 9.59 Å². The Balaban J connectivity index is 2.03. The van der Waals surface area contributed by atoms with Gasteiger partial charge in [0.2, 0.25) is 0 Å². The highest BCUT2D eigenvalue weighted by atomic mass is 16.6. The van der Waals surface area contributed by atoms with Crippen LogP contribution in [0.4, 0.5) is 4.79 Å². The molecule has 1 heterocycles. The standard InChI is InChI=1S/C13H21NO3/c1-13(2,3)17-12(16)14-8-9-4-5-11(15)7-10(14)6-9/h9-10H,4-8H2,1-3H3. The minimum Gasteiger partial charge on any atom is -0.444 e. The van der Waals surface area contributed by atoms with E-state index in [-0.39, 0.29) is 17.9 Å². The molecule has 1 saturated heterocycles. The number of carbonyl (C=O) groups is 2. The second-order valence-electron chi connectivity index (χ2n) is 6.17. The Kier molecular flexibility index (Phi) is 3.15. The Labute approximate surface area is 102 Å². The van der Waals surface area contributed by atoms with Crippen LogP contribution in [0.2, 0.25) is 0 Å². The van der Waals surface area contributed by atoms with E-state index in [0.717, 1.165) is 19.4 Å². The van der Waals surface area contributed by atoms with Gasteiger partial charge in [-0.3, -0.25) is 4.79 Å². The minimum absolute atomic E-state index is 0.0739. The van der Waals surface area contributed by atoms with Gasteiger partial charge in [-0.25, -0.2) is 4.79 Å². The number of Topliss-reactive ketones (excluding diaryl/α,β-unsaturated/α-hetero) is 1. The molecular weight excluding hydrogens is 218 g/mol. The van der Waals surface area contributed by atoms with Crippen molar-refractivity contribution in [3.8, 4) is 0 Å². The first-order valence-electron chi connectivity index (χ1n) is 6.36. The summed E-state index contributed by atoms with van der Waals surface area (Å²) >= 11 is 0. The molecular formula is C13H21NO3. The monoisotopic (exact) mass is 239 g/mol. The van der Waals surface area contributed by atoms with E-state index in [1.54, 1.807) is 4.90 Å². The number of nitrogens with zero attached hydrogens (tertiary/aromatic N) is 1. The Morgan fingerprint density at radius 1 is 1.41 bits per heavy atom. The summed E-state index contributed by atoms with van der Waals surface area (Å²) in [6.07, 6.45) is 2.82. The number of rotatable bonds is 0. The largest absolute Gasteiger partial charge is 0.444 e. The van der Waals surface area contributed by atoms with Gasteiger partial charge in [-0.15, -0.1) is 0 Å². The lowest BCUT2D eigenvalue weighted by Crippen LogP contribution is -2.41. The maximum atomic E-state index is 12.0. The molecule has 2 rings (SSSR count). The number of hydrogen-bond donors (Lipinski definition) is 0. The fourth-order valence-electron chi connectivity index (χ4n) is 2.69. The average molecular weight is 239 g/mol. The van der Waals surface area contributed by atoms with Gasteiger partial charge < -0.3 is 9.64 Å². The third-order valence-corrected chi connectivity index (χ3v) is 3.42. The summed E-state index contributed by atoms with van der Waals surface area (Å²) in [6, 6.07) is 0.0739. The Morgan fingerprint density at radius 3 is 2.76 bits per heavy atom. The van der Waals surface area contributed by atoms with E-state index < -0.39 is 5.60 Å². The van der Waals surface area contributed by atoms with Crippen molar-refractivity contribution in [2.24, 2.45) is 5.92 Å². The normalized spacial score (nSPS) is 29.1. The Hall–Kier alpha value is -1.06. The van der Waals surface area contributed by atoms with Gasteiger partial charge in [0.15, 0.2) is 0 Å². The molecule has 0 spiro atoms. The lowest BCUT2D eigenvalue weighted by molar-refractivity contribution is -0.120. The molecule has 0 N–H and O–H groups in total. The van der Waals surface area contributed by atoms with Crippen LogP contribution in [0.15, 0.2) is 0 Å². The van der Waals surface area contributed by atoms with Crippen LogP contribution in [-0.2, 0) is 9.53 Å². The molecule has 0 aromatic rings. The third-order valence-electron chi connectivity index (χ3n) is 3.42. The molecule has 1 aliphatic carbocycles. The van der Waals surface area contributed by atoms with Gasteiger partial charge in [0.05, 0.1) is 0 Å². The van der Waals surface area contributed by atoms with E-state index in [0.29, 0.717) is 18.8 Å². The molecule has 2 fully saturated rings. The molecule has 2 aliphatic rings. The lowest BCUT2D eigenvalue weighted by atomic mass is 10.0. The zero-order chi connectivity index (χ0) is 12.6. The van der Waals surface area contributed by atoms with Crippen LogP contribution in [0.5, 0.6) is 0 Å². The predicted octanol–water partition coefficient (Wildman–Crippen LogP) is 2.37. The third kappa shape index (κ3) is 2.99. The summed E-state index contributed by atoms with van der Waals surface area (Å²) < 4.78 is 5.38. The van der Waals surface area contributed by atoms with Gasteiger partial charge in [-0.1, -0.05) is 0 Å². The highest BCUT2D eigenvalue weighted by Crippen LogP contribution is 2.33. The van der Waals surface area contributed by atoms with Crippen molar-refractivity contribution in [3.05, 3.63) is 0 Å². The van der Waals surface area contributed by atoms with Crippen LogP contribution in [0, 0.1) is 5.92 Å². The summed E-state index contributed by atoms with van der Waals surface area (Å²) in [7, 11) is 0. The number of amides is 1. The van der Waals surface area contributed by atoms with Crippen molar-refractivity contribution >= 4 is 11.9 Å². The van der Waals surface area contributed by atoms with Gasteiger partial charge >= 0.3 is 6.09 Å². The van der Waals surface area contributed by atoms with Crippen LogP contribution < -0.4 is 0 Å². The van der Waals surface area contributed by atoms with E-state index >= 15 is 0 Å². The van der Waals surface area contributed by atoms with Gasteiger partial charge in [-0.05, 0) is 39.5 Å². The molecule has 0 radical (unpaired) electrons. The first-order valence-corrected chi connectivity index (χ1v) is 6.36. The van der Waals surface area contributed by atoms with Gasteiger partial charge in [-0.2, -0.15) is 0 Å². The first kappa shape index (κ1) is 12.4. The maximum Gasteiger partial charge on any atom is 0.410 e. The zero-order valence-corrected chi connectivity index (χ0v) is 10.9. The van der Waals surface area contributed by atoms with Crippen LogP contribution in [0.1, 0.15) is 46.5 Å². The number of ketones is 1. The van der Waals surface area contributed by atoms with Crippen LogP contribution in [-0.4, -0.2) is 35.0 Å². The van der Waals surface area contributed by atoms with Crippen LogP contribution in [0.25, 0.3) is 0 Å². The maximum absolute atomic E-state index is 12.0. The Bertz CT molecular complexity index is 332. The number of likely N-dealkylation sites (tertiary alicyclic amines) is 1. The van der Waals surface area contributed by atoms with E-state index in [4.69, 9.17) is 4.74 Å². The fraction of sp³-hybridized carbons (Fsp3) is 0.846. The van der Waals surface area contributed by atoms with Crippen LogP contribution in [0.3, 0.4) is 0 Å². The fourth-order valence-corrected chi connectivity index (χ4v) is 2.69. The van der Waals surface area contributed by atoms with Crippen molar-refractivity contribution < 1.29 is 14.3 Å². The summed E-state index contributed by atoms with van der Waals surface area (Å²) in [4.78, 5) is 25.3. The van der Waals surface area contributed by atoms with Gasteiger partial charge in [0, 0.05) is 25.4 Å². The summed E-state index contributed by atoms with van der Waals surface area (Å²) in [5.41, 5.74) is -0.464. The van der Waals surface area contributed by atoms with Crippen molar-refractivity contribution in [1.29, 1.82) is 0 Å². The quantitative estimate of drug-likeness (QED) is 0.652. The minimum atomic E-state index is -0.464. The van der Waals surface area contributed by atoms with E-state index in [1.165, 1.54) is 0 Å². The second-order valence-corrected chi connectivity index (χ2v) is 6.17. The molecule has 2 atom stereocenters. The topological polar surface area (TPSA) is 46.6 Å². The Morgan fingerprint density at radius 2 is 2.12 bits per heavy atom. The highest BCUT2D eigenvalue weighted by Gasteiger charge is 2.40. The molecule has 96 valence electrons. The number of hydrogen-bond acceptors (Lipinski definition) is 3. The molecule has 1 amide bonds. The summed E-state index contributed by atoms with van der Waals surface area (Å²) in [5, 5.41) is 0. The second kappa shape index (κ2) is 4.31. The van der Waals surface area contributed by atoms with Crippen molar-refractivity contribution in [2.75, 3.05) is 6.54 Å². The molecule has 0 aromatic carbocycles. The molecule has 2 bridgehead atoms. The van der Waals surface area contributed by atoms with Crippen molar-refractivity contribution in [2.45, 2.75) is 58.1 Å². The summed E-state index contributed by atoms with van der Waals surface area (Å²) in [6.45, 7) is 6.35. The molecule has 1 aliphatic heterocycles. The number of carbonyl (C=O) groups excluding carboxylic acids is 2. The molecule has 17 heavy (non-hydrogen) atoms. The van der Waals surface area contributed by atoms with Crippen molar-refractivity contribution in [3.63, 3.8) is 0 Å².